The Morgan fingerprint density at radius 2 is 2.10 bits per heavy atom. The van der Waals surface area contributed by atoms with E-state index in [0.717, 1.165) is 31.3 Å². The first-order chi connectivity index (χ1) is 9.66. The zero-order chi connectivity index (χ0) is 16.0. The van der Waals surface area contributed by atoms with Crippen molar-refractivity contribution in [1.82, 2.24) is 10.6 Å². The number of rotatable bonds is 5. The van der Waals surface area contributed by atoms with Gasteiger partial charge in [-0.1, -0.05) is 6.42 Å². The molecule has 0 bridgehead atoms. The third-order valence-corrected chi connectivity index (χ3v) is 4.58. The van der Waals surface area contributed by atoms with Crippen LogP contribution in [-0.2, 0) is 24.8 Å². The van der Waals surface area contributed by atoms with Crippen LogP contribution in [0.15, 0.2) is 0 Å². The second kappa shape index (κ2) is 8.16. The van der Waals surface area contributed by atoms with E-state index in [4.69, 9.17) is 9.66 Å². The SMILES string of the molecule is CS(=O)(O)=S.O=C(O)CCCC[C@@H]1SC[C@@H]2NC(=O)N[C@@H]21. The Bertz CT molecular complexity index is 474. The molecular weight excluding hydrogens is 336 g/mol. The Kier molecular flexibility index (Phi) is 7.17. The second-order valence-electron chi connectivity index (χ2n) is 4.99. The molecule has 10 heteroatoms. The van der Waals surface area contributed by atoms with Crippen LogP contribution in [0.3, 0.4) is 0 Å². The van der Waals surface area contributed by atoms with E-state index in [2.05, 4.69) is 21.8 Å². The molecule has 0 radical (unpaired) electrons. The summed E-state index contributed by atoms with van der Waals surface area (Å²) in [6.07, 6.45) is 3.97. The molecule has 2 aliphatic heterocycles. The van der Waals surface area contributed by atoms with Gasteiger partial charge < -0.3 is 20.3 Å². The van der Waals surface area contributed by atoms with Gasteiger partial charge in [0.1, 0.15) is 8.77 Å². The van der Waals surface area contributed by atoms with Crippen LogP contribution >= 0.6 is 11.8 Å². The number of unbranched alkanes of at least 4 members (excludes halogenated alkanes) is 1. The molecule has 0 aromatic carbocycles. The number of aliphatic carboxylic acids is 1. The van der Waals surface area contributed by atoms with Crippen molar-refractivity contribution in [1.29, 1.82) is 0 Å². The van der Waals surface area contributed by atoms with E-state index in [0.29, 0.717) is 5.25 Å². The molecule has 1 unspecified atom stereocenters. The molecule has 7 nitrogen and oxygen atoms in total. The van der Waals surface area contributed by atoms with Gasteiger partial charge in [-0.15, -0.1) is 0 Å². The van der Waals surface area contributed by atoms with Crippen LogP contribution in [0.1, 0.15) is 25.7 Å². The minimum absolute atomic E-state index is 0.0640. The molecule has 4 N–H and O–H groups in total. The summed E-state index contributed by atoms with van der Waals surface area (Å²) >= 11 is 5.78. The molecule has 4 atom stereocenters. The largest absolute Gasteiger partial charge is 0.481 e. The molecule has 21 heavy (non-hydrogen) atoms. The van der Waals surface area contributed by atoms with Gasteiger partial charge >= 0.3 is 12.0 Å². The summed E-state index contributed by atoms with van der Waals surface area (Å²) in [5.41, 5.74) is 0. The normalized spacial score (nSPS) is 29.4. The van der Waals surface area contributed by atoms with Crippen molar-refractivity contribution in [3.63, 3.8) is 0 Å². The predicted octanol–water partition coefficient (Wildman–Crippen LogP) is 0.632. The summed E-state index contributed by atoms with van der Waals surface area (Å²) in [5, 5.41) is 14.8. The molecule has 0 saturated carbocycles. The average Bonchev–Trinajstić information content (AvgIpc) is 2.82. The van der Waals surface area contributed by atoms with Crippen LogP contribution < -0.4 is 10.6 Å². The standard InChI is InChI=1S/C10H16N2O3S.CH4O2S2/c13-8(14)4-2-1-3-7-9-6(5-16-7)11-10(15)12-9;1-5(2,3)4/h6-7,9H,1-5H2,(H,13,14)(H2,11,12,15);1H3,(H,2,3,4)/t6-,7-,9-;/m0./s1. The van der Waals surface area contributed by atoms with Crippen LogP contribution in [0.2, 0.25) is 0 Å². The van der Waals surface area contributed by atoms with Crippen molar-refractivity contribution in [3.05, 3.63) is 0 Å². The highest BCUT2D eigenvalue weighted by molar-refractivity contribution is 8.29. The lowest BCUT2D eigenvalue weighted by Gasteiger charge is -2.16. The maximum Gasteiger partial charge on any atom is 0.315 e. The highest BCUT2D eigenvalue weighted by Gasteiger charge is 2.42. The number of fused-ring (bicyclic) bond motifs is 1. The number of thioether (sulfide) groups is 1. The van der Waals surface area contributed by atoms with Crippen LogP contribution in [0.4, 0.5) is 4.79 Å². The lowest BCUT2D eigenvalue weighted by Crippen LogP contribution is -2.36. The Balaban J connectivity index is 0.000000383. The maximum absolute atomic E-state index is 11.1. The van der Waals surface area contributed by atoms with Crippen LogP contribution in [0.25, 0.3) is 0 Å². The maximum atomic E-state index is 11.1. The molecule has 2 aliphatic rings. The minimum atomic E-state index is -2.83. The number of carbonyl (C=O) groups excluding carboxylic acids is 1. The van der Waals surface area contributed by atoms with Gasteiger partial charge in [-0.25, -0.2) is 9.00 Å². The zero-order valence-corrected chi connectivity index (χ0v) is 14.1. The molecule has 2 fully saturated rings. The number of urea groups is 1. The lowest BCUT2D eigenvalue weighted by atomic mass is 10.0. The van der Waals surface area contributed by atoms with Crippen molar-refractivity contribution in [3.8, 4) is 0 Å². The van der Waals surface area contributed by atoms with Crippen molar-refractivity contribution in [2.24, 2.45) is 0 Å². The molecule has 0 aromatic heterocycles. The van der Waals surface area contributed by atoms with Gasteiger partial charge in [-0.3, -0.25) is 4.79 Å². The Morgan fingerprint density at radius 1 is 1.48 bits per heavy atom. The highest BCUT2D eigenvalue weighted by Crippen LogP contribution is 2.33. The van der Waals surface area contributed by atoms with E-state index in [1.807, 2.05) is 11.8 Å². The Hall–Kier alpha value is -0.580. The van der Waals surface area contributed by atoms with Crippen molar-refractivity contribution >= 4 is 43.7 Å². The molecule has 0 aliphatic carbocycles. The number of carboxylic acids is 1. The molecule has 2 rings (SSSR count). The van der Waals surface area contributed by atoms with Crippen molar-refractivity contribution < 1.29 is 23.5 Å². The van der Waals surface area contributed by atoms with Crippen LogP contribution in [0, 0.1) is 0 Å². The number of carbonyl (C=O) groups is 2. The summed E-state index contributed by atoms with van der Waals surface area (Å²) in [5.74, 6) is 0.236. The molecule has 2 heterocycles. The van der Waals surface area contributed by atoms with E-state index in [9.17, 15) is 13.8 Å². The monoisotopic (exact) mass is 356 g/mol. The summed E-state index contributed by atoms with van der Waals surface area (Å²) in [4.78, 5) is 21.5. The van der Waals surface area contributed by atoms with Gasteiger partial charge in [0.2, 0.25) is 0 Å². The first kappa shape index (κ1) is 18.5. The summed E-state index contributed by atoms with van der Waals surface area (Å²) in [6.45, 7) is 0. The third-order valence-electron chi connectivity index (χ3n) is 3.07. The number of amides is 2. The Morgan fingerprint density at radius 3 is 2.67 bits per heavy atom. The molecule has 2 amide bonds. The predicted molar refractivity (Wildman–Crippen MR) is 85.7 cm³/mol. The fourth-order valence-electron chi connectivity index (χ4n) is 2.26. The van der Waals surface area contributed by atoms with Gasteiger partial charge in [0, 0.05) is 34.9 Å². The zero-order valence-electron chi connectivity index (χ0n) is 11.6. The van der Waals surface area contributed by atoms with Gasteiger partial charge in [-0.05, 0) is 12.8 Å². The van der Waals surface area contributed by atoms with Crippen molar-refractivity contribution in [2.75, 3.05) is 12.0 Å². The molecule has 0 aromatic rings. The van der Waals surface area contributed by atoms with E-state index in [-0.39, 0.29) is 24.5 Å². The van der Waals surface area contributed by atoms with E-state index in [1.165, 1.54) is 0 Å². The highest BCUT2D eigenvalue weighted by atomic mass is 32.8. The summed E-state index contributed by atoms with van der Waals surface area (Å²) in [6, 6.07) is 0.440. The van der Waals surface area contributed by atoms with Crippen molar-refractivity contribution in [2.45, 2.75) is 43.0 Å². The Labute approximate surface area is 133 Å². The number of hydrogen-bond acceptors (Lipinski definition) is 5. The van der Waals surface area contributed by atoms with E-state index < -0.39 is 14.7 Å². The molecule has 0 spiro atoms. The lowest BCUT2D eigenvalue weighted by molar-refractivity contribution is -0.137. The minimum Gasteiger partial charge on any atom is -0.481 e. The number of carboxylic acid groups (broad SMARTS) is 1. The topological polar surface area (TPSA) is 116 Å². The van der Waals surface area contributed by atoms with Gasteiger partial charge in [0.05, 0.1) is 12.1 Å². The van der Waals surface area contributed by atoms with E-state index in [1.54, 1.807) is 0 Å². The second-order valence-corrected chi connectivity index (χ2v) is 9.59. The fraction of sp³-hybridized carbons (Fsp3) is 0.818. The summed E-state index contributed by atoms with van der Waals surface area (Å²) in [7, 11) is -2.83. The average molecular weight is 356 g/mol. The summed E-state index contributed by atoms with van der Waals surface area (Å²) < 4.78 is 17.4. The fourth-order valence-corrected chi connectivity index (χ4v) is 3.81. The number of hydrogen-bond donors (Lipinski definition) is 4. The van der Waals surface area contributed by atoms with Gasteiger partial charge in [-0.2, -0.15) is 11.8 Å². The first-order valence-electron chi connectivity index (χ1n) is 6.49. The third kappa shape index (κ3) is 7.84. The smallest absolute Gasteiger partial charge is 0.315 e. The van der Waals surface area contributed by atoms with Crippen LogP contribution in [-0.4, -0.2) is 55.2 Å². The first-order valence-corrected chi connectivity index (χ1v) is 10.4. The van der Waals surface area contributed by atoms with E-state index >= 15 is 0 Å². The van der Waals surface area contributed by atoms with Gasteiger partial charge in [0.25, 0.3) is 0 Å². The quantitative estimate of drug-likeness (QED) is 0.422. The number of nitrogens with one attached hydrogen (secondary N) is 2. The molecular formula is C11H20N2O5S3. The van der Waals surface area contributed by atoms with Crippen LogP contribution in [0.5, 0.6) is 0 Å². The molecule has 122 valence electrons. The molecule has 2 saturated heterocycles. The van der Waals surface area contributed by atoms with Gasteiger partial charge in [0.15, 0.2) is 0 Å².